The number of para-hydroxylation sites is 1. The Labute approximate surface area is 263 Å². The minimum atomic E-state index is 0.301. The van der Waals surface area contributed by atoms with Crippen molar-refractivity contribution in [3.63, 3.8) is 0 Å². The van der Waals surface area contributed by atoms with Crippen molar-refractivity contribution in [3.8, 4) is 11.5 Å². The normalized spacial score (nSPS) is 17.3. The second-order valence-electron chi connectivity index (χ2n) is 12.2. The number of imidazole rings is 1. The summed E-state index contributed by atoms with van der Waals surface area (Å²) in [5, 5.41) is 0.707. The summed E-state index contributed by atoms with van der Waals surface area (Å²) in [5.41, 5.74) is 3.54. The van der Waals surface area contributed by atoms with E-state index in [4.69, 9.17) is 26.1 Å². The van der Waals surface area contributed by atoms with Gasteiger partial charge >= 0.3 is 0 Å². The van der Waals surface area contributed by atoms with Gasteiger partial charge in [0.1, 0.15) is 29.4 Å². The van der Waals surface area contributed by atoms with Gasteiger partial charge in [-0.15, -0.1) is 0 Å². The number of hydrogen-bond acceptors (Lipinski definition) is 4. The van der Waals surface area contributed by atoms with Crippen molar-refractivity contribution in [1.82, 2.24) is 14.5 Å². The van der Waals surface area contributed by atoms with Crippen molar-refractivity contribution >= 4 is 22.6 Å². The van der Waals surface area contributed by atoms with Crippen molar-refractivity contribution in [2.75, 3.05) is 19.6 Å². The van der Waals surface area contributed by atoms with Crippen LogP contribution in [0.3, 0.4) is 0 Å². The zero-order valence-electron chi connectivity index (χ0n) is 25.9. The van der Waals surface area contributed by atoms with Crippen LogP contribution in [0.5, 0.6) is 11.5 Å². The molecule has 5 rings (SSSR count). The maximum atomic E-state index is 6.46. The van der Waals surface area contributed by atoms with Crippen LogP contribution in [0.1, 0.15) is 77.0 Å². The topological polar surface area (TPSA) is 39.5 Å². The summed E-state index contributed by atoms with van der Waals surface area (Å²) in [6.07, 6.45) is 20.5. The number of nitrogens with zero attached hydrogens (tertiary/aromatic N) is 3. The van der Waals surface area contributed by atoms with E-state index in [9.17, 15) is 0 Å². The highest BCUT2D eigenvalue weighted by Gasteiger charge is 2.22. The minimum Gasteiger partial charge on any atom is -0.488 e. The molecular formula is C37H48ClN3O2. The standard InChI is InChI=1S/C37H48ClN3O2/c1-3-4-5-11-29(2)12-9-24-40-26-22-30(23-27-40)13-10-25-41-34-16-8-17-35(43-33-14-6-7-15-33)37(34)39-36(41)28-42-32-20-18-31(38)19-21-32/h3-5,8,11,16-21,30,33H,1,6-7,9-10,12-15,22-28H2,2H3/b5-4-,29-11+. The van der Waals surface area contributed by atoms with Gasteiger partial charge in [-0.2, -0.15) is 0 Å². The number of halogens is 1. The highest BCUT2D eigenvalue weighted by molar-refractivity contribution is 6.30. The predicted molar refractivity (Wildman–Crippen MR) is 179 cm³/mol. The molecule has 43 heavy (non-hydrogen) atoms. The molecule has 0 bridgehead atoms. The zero-order valence-corrected chi connectivity index (χ0v) is 26.6. The van der Waals surface area contributed by atoms with E-state index >= 15 is 0 Å². The molecule has 1 aliphatic carbocycles. The number of aryl methyl sites for hydroxylation is 1. The number of fused-ring (bicyclic) bond motifs is 1. The van der Waals surface area contributed by atoms with Crippen molar-refractivity contribution in [1.29, 1.82) is 0 Å². The molecule has 2 aromatic carbocycles. The fourth-order valence-electron chi connectivity index (χ4n) is 6.49. The number of allylic oxidation sites excluding steroid dienone is 5. The van der Waals surface area contributed by atoms with Crippen LogP contribution in [0.25, 0.3) is 11.0 Å². The Hall–Kier alpha value is -3.02. The van der Waals surface area contributed by atoms with Gasteiger partial charge in [0.15, 0.2) is 0 Å². The van der Waals surface area contributed by atoms with Crippen LogP contribution in [0, 0.1) is 5.92 Å². The van der Waals surface area contributed by atoms with Gasteiger partial charge in [-0.1, -0.05) is 54.1 Å². The molecule has 1 aromatic heterocycles. The Morgan fingerprint density at radius 3 is 2.56 bits per heavy atom. The van der Waals surface area contributed by atoms with Crippen LogP contribution in [-0.4, -0.2) is 40.2 Å². The summed E-state index contributed by atoms with van der Waals surface area (Å²) >= 11 is 6.08. The van der Waals surface area contributed by atoms with Gasteiger partial charge in [-0.05, 0) is 133 Å². The fourth-order valence-corrected chi connectivity index (χ4v) is 6.61. The quantitative estimate of drug-likeness (QED) is 0.163. The monoisotopic (exact) mass is 601 g/mol. The summed E-state index contributed by atoms with van der Waals surface area (Å²) in [5.74, 6) is 3.45. The van der Waals surface area contributed by atoms with E-state index in [0.29, 0.717) is 17.7 Å². The number of piperidine rings is 1. The van der Waals surface area contributed by atoms with Gasteiger partial charge in [-0.3, -0.25) is 0 Å². The molecule has 0 amide bonds. The molecule has 1 saturated heterocycles. The molecule has 0 unspecified atom stereocenters. The highest BCUT2D eigenvalue weighted by Crippen LogP contribution is 2.32. The van der Waals surface area contributed by atoms with Crippen LogP contribution >= 0.6 is 11.6 Å². The van der Waals surface area contributed by atoms with Gasteiger partial charge < -0.3 is 18.9 Å². The Kier molecular flexibility index (Phi) is 11.8. The number of aromatic nitrogens is 2. The van der Waals surface area contributed by atoms with E-state index in [2.05, 4.69) is 53.3 Å². The number of likely N-dealkylation sites (tertiary alicyclic amines) is 1. The predicted octanol–water partition coefficient (Wildman–Crippen LogP) is 9.55. The van der Waals surface area contributed by atoms with Crippen LogP contribution in [0.4, 0.5) is 0 Å². The third-order valence-corrected chi connectivity index (χ3v) is 9.22. The van der Waals surface area contributed by atoms with E-state index < -0.39 is 0 Å². The van der Waals surface area contributed by atoms with Gasteiger partial charge in [0, 0.05) is 11.6 Å². The van der Waals surface area contributed by atoms with Crippen molar-refractivity contribution < 1.29 is 9.47 Å². The van der Waals surface area contributed by atoms with Gasteiger partial charge in [-0.25, -0.2) is 4.98 Å². The van der Waals surface area contributed by atoms with Crippen LogP contribution in [0.2, 0.25) is 5.02 Å². The zero-order chi connectivity index (χ0) is 29.9. The average molecular weight is 602 g/mol. The lowest BCUT2D eigenvalue weighted by Crippen LogP contribution is -2.34. The average Bonchev–Trinajstić information content (AvgIpc) is 3.66. The van der Waals surface area contributed by atoms with Gasteiger partial charge in [0.2, 0.25) is 0 Å². The molecule has 1 aliphatic heterocycles. The molecule has 5 nitrogen and oxygen atoms in total. The molecule has 2 fully saturated rings. The molecular weight excluding hydrogens is 554 g/mol. The van der Waals surface area contributed by atoms with Gasteiger partial charge in [0.25, 0.3) is 0 Å². The van der Waals surface area contributed by atoms with Crippen LogP contribution in [0.15, 0.2) is 78.9 Å². The maximum Gasteiger partial charge on any atom is 0.148 e. The molecule has 3 aromatic rings. The Bertz CT molecular complexity index is 1360. The second kappa shape index (κ2) is 16.2. The third-order valence-electron chi connectivity index (χ3n) is 8.97. The van der Waals surface area contributed by atoms with Crippen molar-refractivity contribution in [2.45, 2.75) is 90.4 Å². The lowest BCUT2D eigenvalue weighted by atomic mass is 9.92. The number of hydrogen-bond donors (Lipinski definition) is 0. The van der Waals surface area contributed by atoms with Gasteiger partial charge in [0.05, 0.1) is 11.6 Å². The first-order valence-electron chi connectivity index (χ1n) is 16.3. The molecule has 0 N–H and O–H groups in total. The largest absolute Gasteiger partial charge is 0.488 e. The molecule has 230 valence electrons. The summed E-state index contributed by atoms with van der Waals surface area (Å²) in [6, 6.07) is 13.9. The fraction of sp³-hybridized carbons (Fsp3) is 0.486. The molecule has 1 saturated carbocycles. The molecule has 0 radical (unpaired) electrons. The lowest BCUT2D eigenvalue weighted by molar-refractivity contribution is 0.175. The molecule has 0 atom stereocenters. The SMILES string of the molecule is C=C/C=C\C=C(/C)CCCN1CCC(CCCn2c(COc3ccc(Cl)cc3)nc3c(OC4CCCC4)cccc32)CC1. The summed E-state index contributed by atoms with van der Waals surface area (Å²) in [7, 11) is 0. The minimum absolute atomic E-state index is 0.301. The van der Waals surface area contributed by atoms with Crippen molar-refractivity contribution in [2.24, 2.45) is 5.92 Å². The molecule has 0 spiro atoms. The first-order chi connectivity index (χ1) is 21.1. The number of rotatable bonds is 15. The van der Waals surface area contributed by atoms with E-state index in [1.54, 1.807) is 0 Å². The Balaban J connectivity index is 1.16. The summed E-state index contributed by atoms with van der Waals surface area (Å²) in [6.45, 7) is 11.0. The highest BCUT2D eigenvalue weighted by atomic mass is 35.5. The first kappa shape index (κ1) is 31.4. The third kappa shape index (κ3) is 9.23. The van der Waals surface area contributed by atoms with E-state index in [1.165, 1.54) is 63.7 Å². The first-order valence-corrected chi connectivity index (χ1v) is 16.7. The lowest BCUT2D eigenvalue weighted by Gasteiger charge is -2.32. The molecule has 6 heteroatoms. The van der Waals surface area contributed by atoms with Crippen LogP contribution < -0.4 is 9.47 Å². The Morgan fingerprint density at radius 1 is 1.00 bits per heavy atom. The summed E-state index contributed by atoms with van der Waals surface area (Å²) < 4.78 is 15.0. The molecule has 2 heterocycles. The van der Waals surface area contributed by atoms with Crippen LogP contribution in [-0.2, 0) is 13.2 Å². The summed E-state index contributed by atoms with van der Waals surface area (Å²) in [4.78, 5) is 7.75. The van der Waals surface area contributed by atoms with E-state index in [1.807, 2.05) is 36.4 Å². The second-order valence-corrected chi connectivity index (χ2v) is 12.7. The smallest absolute Gasteiger partial charge is 0.148 e. The van der Waals surface area contributed by atoms with E-state index in [-0.39, 0.29) is 0 Å². The Morgan fingerprint density at radius 2 is 1.79 bits per heavy atom. The van der Waals surface area contributed by atoms with Crippen molar-refractivity contribution in [3.05, 3.63) is 89.8 Å². The van der Waals surface area contributed by atoms with E-state index in [0.717, 1.165) is 66.5 Å². The number of ether oxygens (including phenoxy) is 2. The number of benzene rings is 2. The molecule has 2 aliphatic rings. The maximum absolute atomic E-state index is 6.46.